The first kappa shape index (κ1) is 27.4. The standard InChI is InChI=1S/C11H12ClNO4.CH2O3.2Na/c12-7-3-4-9(14)8(6-7)11(17)13-5-1-2-10(15)16;2-1(3)4;;/h3-4,6,14H,1-2,5H2,(H,13,17)(H,15,16);(H2,2,3,4);;/q;;2*+1/p-2. The van der Waals surface area contributed by atoms with Crippen molar-refractivity contribution in [3.05, 3.63) is 28.8 Å². The number of nitrogens with one attached hydrogen (secondary N) is 1. The topological polar surface area (TPSA) is 150 Å². The van der Waals surface area contributed by atoms with Crippen LogP contribution in [0.2, 0.25) is 5.02 Å². The Morgan fingerprint density at radius 1 is 1.17 bits per heavy atom. The molecule has 0 aliphatic heterocycles. The number of benzene rings is 1. The number of amides is 1. The minimum absolute atomic E-state index is 0. The van der Waals surface area contributed by atoms with E-state index in [9.17, 15) is 14.7 Å². The van der Waals surface area contributed by atoms with Gasteiger partial charge in [-0.1, -0.05) is 11.6 Å². The molecule has 0 heterocycles. The predicted molar refractivity (Wildman–Crippen MR) is 67.7 cm³/mol. The second kappa shape index (κ2) is 15.1. The van der Waals surface area contributed by atoms with Gasteiger partial charge in [0.2, 0.25) is 0 Å². The molecule has 1 aromatic rings. The number of aliphatic carboxylic acids is 1. The fourth-order valence-corrected chi connectivity index (χ4v) is 1.40. The predicted octanol–water partition coefficient (Wildman–Crippen LogP) is -6.80. The fraction of sp³-hybridized carbons (Fsp3) is 0.250. The van der Waals surface area contributed by atoms with Gasteiger partial charge in [0.25, 0.3) is 5.91 Å². The summed E-state index contributed by atoms with van der Waals surface area (Å²) in [6.45, 7) is 0.233. The van der Waals surface area contributed by atoms with Gasteiger partial charge >= 0.3 is 65.1 Å². The number of phenols is 1. The molecule has 11 heteroatoms. The molecule has 0 saturated carbocycles. The molecule has 3 N–H and O–H groups in total. The van der Waals surface area contributed by atoms with Crippen molar-refractivity contribution >= 4 is 29.6 Å². The number of halogens is 1. The Balaban J connectivity index is -0.000000598. The second-order valence-electron chi connectivity index (χ2n) is 3.66. The van der Waals surface area contributed by atoms with Crippen LogP contribution < -0.4 is 74.6 Å². The van der Waals surface area contributed by atoms with Crippen LogP contribution in [0.1, 0.15) is 23.2 Å². The SMILES string of the molecule is O=C(O)CCCNC(=O)c1cc(Cl)ccc1O.O=C([O-])[O-].[Na+].[Na+]. The first-order valence-corrected chi connectivity index (χ1v) is 5.98. The Labute approximate surface area is 181 Å². The third-order valence-electron chi connectivity index (χ3n) is 2.06. The van der Waals surface area contributed by atoms with Gasteiger partial charge in [0.1, 0.15) is 5.75 Å². The average Bonchev–Trinajstić information content (AvgIpc) is 2.36. The maximum atomic E-state index is 11.6. The summed E-state index contributed by atoms with van der Waals surface area (Å²) in [4.78, 5) is 30.2. The van der Waals surface area contributed by atoms with Crippen molar-refractivity contribution in [1.82, 2.24) is 5.32 Å². The van der Waals surface area contributed by atoms with Crippen molar-refractivity contribution in [3.63, 3.8) is 0 Å². The fourth-order valence-electron chi connectivity index (χ4n) is 1.23. The van der Waals surface area contributed by atoms with E-state index in [0.29, 0.717) is 11.4 Å². The van der Waals surface area contributed by atoms with Crippen molar-refractivity contribution in [2.24, 2.45) is 0 Å². The summed E-state index contributed by atoms with van der Waals surface area (Å²) in [7, 11) is 0. The normalized spacial score (nSPS) is 8.39. The molecule has 0 aliphatic rings. The Morgan fingerprint density at radius 2 is 1.70 bits per heavy atom. The van der Waals surface area contributed by atoms with Crippen molar-refractivity contribution in [3.8, 4) is 5.75 Å². The molecular weight excluding hydrogens is 352 g/mol. The minimum atomic E-state index is -2.33. The van der Waals surface area contributed by atoms with Crippen LogP contribution in [-0.4, -0.2) is 34.8 Å². The zero-order valence-corrected chi connectivity index (χ0v) is 17.4. The Bertz CT molecular complexity index is 524. The van der Waals surface area contributed by atoms with E-state index < -0.39 is 18.0 Å². The maximum absolute atomic E-state index is 11.6. The second-order valence-corrected chi connectivity index (χ2v) is 4.10. The first-order chi connectivity index (χ1) is 9.73. The molecule has 1 aromatic carbocycles. The summed E-state index contributed by atoms with van der Waals surface area (Å²) in [5.41, 5.74) is 0.0767. The van der Waals surface area contributed by atoms with Gasteiger partial charge in [0.05, 0.1) is 5.56 Å². The average molecular weight is 364 g/mol. The molecule has 23 heavy (non-hydrogen) atoms. The number of carboxylic acids is 1. The molecule has 8 nitrogen and oxygen atoms in total. The Kier molecular flexibility index (Phi) is 17.9. The van der Waals surface area contributed by atoms with E-state index in [-0.39, 0.29) is 83.4 Å². The van der Waals surface area contributed by atoms with E-state index in [1.54, 1.807) is 0 Å². The van der Waals surface area contributed by atoms with E-state index >= 15 is 0 Å². The molecule has 0 spiro atoms. The number of hydrogen-bond donors (Lipinski definition) is 3. The van der Waals surface area contributed by atoms with Crippen molar-refractivity contribution in [2.45, 2.75) is 12.8 Å². The Hall–Kier alpha value is -0.480. The summed E-state index contributed by atoms with van der Waals surface area (Å²) in [6, 6.07) is 4.15. The minimum Gasteiger partial charge on any atom is -0.652 e. The van der Waals surface area contributed by atoms with E-state index in [0.717, 1.165) is 0 Å². The molecule has 0 fully saturated rings. The van der Waals surface area contributed by atoms with Crippen molar-refractivity contribution in [2.75, 3.05) is 6.54 Å². The molecule has 0 radical (unpaired) electrons. The van der Waals surface area contributed by atoms with Gasteiger partial charge in [0, 0.05) is 18.0 Å². The molecule has 0 atom stereocenters. The van der Waals surface area contributed by atoms with Gasteiger partial charge in [-0.3, -0.25) is 9.59 Å². The van der Waals surface area contributed by atoms with Gasteiger partial charge < -0.3 is 30.5 Å². The summed E-state index contributed by atoms with van der Waals surface area (Å²) in [5.74, 6) is -1.55. The van der Waals surface area contributed by atoms with Gasteiger partial charge in [-0.15, -0.1) is 0 Å². The summed E-state index contributed by atoms with van der Waals surface area (Å²) in [5, 5.41) is 37.4. The van der Waals surface area contributed by atoms with Crippen LogP contribution in [0.15, 0.2) is 18.2 Å². The van der Waals surface area contributed by atoms with Crippen LogP contribution in [0, 0.1) is 0 Å². The number of phenolic OH excluding ortho intramolecular Hbond substituents is 1. The number of rotatable bonds is 5. The number of hydrogen-bond acceptors (Lipinski definition) is 6. The number of carbonyl (C=O) groups is 3. The summed E-state index contributed by atoms with van der Waals surface area (Å²) < 4.78 is 0. The maximum Gasteiger partial charge on any atom is 1.00 e. The van der Waals surface area contributed by atoms with Crippen LogP contribution in [0.3, 0.4) is 0 Å². The summed E-state index contributed by atoms with van der Waals surface area (Å²) >= 11 is 5.69. The van der Waals surface area contributed by atoms with Gasteiger partial charge in [0.15, 0.2) is 0 Å². The van der Waals surface area contributed by atoms with Crippen LogP contribution in [0.4, 0.5) is 4.79 Å². The van der Waals surface area contributed by atoms with Crippen LogP contribution in [0.5, 0.6) is 5.75 Å². The zero-order chi connectivity index (χ0) is 16.4. The van der Waals surface area contributed by atoms with Gasteiger partial charge in [-0.05, 0) is 30.8 Å². The molecule has 0 bridgehead atoms. The summed E-state index contributed by atoms with van der Waals surface area (Å²) in [6.07, 6.45) is -2.01. The van der Waals surface area contributed by atoms with Crippen molar-refractivity contribution < 1.29 is 93.9 Å². The third kappa shape index (κ3) is 14.8. The third-order valence-corrected chi connectivity index (χ3v) is 2.29. The molecule has 1 amide bonds. The van der Waals surface area contributed by atoms with E-state index in [2.05, 4.69) is 5.32 Å². The number of carboxylic acid groups (broad SMARTS) is 3. The Morgan fingerprint density at radius 3 is 2.17 bits per heavy atom. The molecule has 0 aliphatic carbocycles. The largest absolute Gasteiger partial charge is 1.00 e. The molecule has 116 valence electrons. The van der Waals surface area contributed by atoms with Crippen LogP contribution >= 0.6 is 11.6 Å². The molecular formula is C12H12ClNNa2O7. The van der Waals surface area contributed by atoms with E-state index in [1.807, 2.05) is 0 Å². The van der Waals surface area contributed by atoms with Crippen LogP contribution in [-0.2, 0) is 4.79 Å². The number of carbonyl (C=O) groups excluding carboxylic acids is 2. The van der Waals surface area contributed by atoms with Crippen molar-refractivity contribution in [1.29, 1.82) is 0 Å². The molecule has 0 aromatic heterocycles. The first-order valence-electron chi connectivity index (χ1n) is 5.60. The molecule has 1 rings (SSSR count). The number of aromatic hydroxyl groups is 1. The quantitative estimate of drug-likeness (QED) is 0.347. The smallest absolute Gasteiger partial charge is 0.652 e. The molecule has 0 saturated heterocycles. The van der Waals surface area contributed by atoms with E-state index in [1.165, 1.54) is 18.2 Å². The molecule has 0 unspecified atom stereocenters. The van der Waals surface area contributed by atoms with Gasteiger partial charge in [-0.2, -0.15) is 0 Å². The van der Waals surface area contributed by atoms with E-state index in [4.69, 9.17) is 31.7 Å². The zero-order valence-electron chi connectivity index (χ0n) is 12.7. The monoisotopic (exact) mass is 363 g/mol. The van der Waals surface area contributed by atoms with Gasteiger partial charge in [-0.25, -0.2) is 0 Å². The van der Waals surface area contributed by atoms with Crippen LogP contribution in [0.25, 0.3) is 0 Å².